The molecule has 316 valence electrons. The lowest BCUT2D eigenvalue weighted by Crippen LogP contribution is -2.50. The van der Waals surface area contributed by atoms with E-state index in [4.69, 9.17) is 19.4 Å². The molecule has 2 aliphatic heterocycles. The van der Waals surface area contributed by atoms with Crippen molar-refractivity contribution in [3.63, 3.8) is 0 Å². The van der Waals surface area contributed by atoms with Crippen molar-refractivity contribution in [1.29, 1.82) is 0 Å². The number of benzene rings is 3. The van der Waals surface area contributed by atoms with Gasteiger partial charge in [0.1, 0.15) is 23.7 Å². The first-order valence-electron chi connectivity index (χ1n) is 20.9. The van der Waals surface area contributed by atoms with Gasteiger partial charge in [-0.15, -0.1) is 0 Å². The molecule has 0 aliphatic carbocycles. The van der Waals surface area contributed by atoms with Gasteiger partial charge in [0.25, 0.3) is 0 Å². The molecule has 2 fully saturated rings. The topological polar surface area (TPSA) is 175 Å². The maximum atomic E-state index is 13.7. The lowest BCUT2D eigenvalue weighted by molar-refractivity contribution is -0.137. The van der Waals surface area contributed by atoms with E-state index in [2.05, 4.69) is 95.1 Å². The summed E-state index contributed by atoms with van der Waals surface area (Å²) in [7, 11) is 2.58. The molecule has 4 N–H and O–H groups in total. The summed E-state index contributed by atoms with van der Waals surface area (Å²) in [6.45, 7) is 12.1. The van der Waals surface area contributed by atoms with Crippen LogP contribution in [0.4, 0.5) is 9.59 Å². The fourth-order valence-electron chi connectivity index (χ4n) is 8.82. The molecule has 0 bridgehead atoms. The van der Waals surface area contributed by atoms with Crippen molar-refractivity contribution in [3.05, 3.63) is 84.7 Å². The normalized spacial score (nSPS) is 22.4. The SMILES string of the molecule is CC[C@H](NC(=O)OC)C(=O)N1[C@H](C)[C@H](C)C[C@H]1c1ncc(-c2ccc(-c3ccc4cc(-c5cnc([C@@H]6C[C@@H](C)[C@@H](C)N6C(=O)[C@H](CC)NC(=O)OC)[nH]5)ccc4c3)cc2)[nH]1. The van der Waals surface area contributed by atoms with E-state index in [0.29, 0.717) is 12.8 Å². The molecule has 2 aromatic heterocycles. The molecule has 14 heteroatoms. The summed E-state index contributed by atoms with van der Waals surface area (Å²) in [6, 6.07) is 19.2. The van der Waals surface area contributed by atoms with Gasteiger partial charge in [0.05, 0.1) is 50.1 Å². The van der Waals surface area contributed by atoms with E-state index < -0.39 is 24.3 Å². The molecule has 4 heterocycles. The molecule has 7 rings (SSSR count). The number of fused-ring (bicyclic) bond motifs is 1. The monoisotopic (exact) mass is 816 g/mol. The van der Waals surface area contributed by atoms with Crippen LogP contribution in [0.15, 0.2) is 73.1 Å². The second-order valence-electron chi connectivity index (χ2n) is 16.3. The minimum Gasteiger partial charge on any atom is -0.453 e. The average molecular weight is 817 g/mol. The minimum absolute atomic E-state index is 0.0194. The Hall–Kier alpha value is -6.18. The number of imidazole rings is 2. The van der Waals surface area contributed by atoms with Gasteiger partial charge in [-0.3, -0.25) is 9.59 Å². The number of aromatic nitrogens is 4. The van der Waals surface area contributed by atoms with E-state index in [0.717, 1.165) is 68.9 Å². The zero-order valence-corrected chi connectivity index (χ0v) is 35.6. The van der Waals surface area contributed by atoms with E-state index in [1.807, 2.05) is 49.9 Å². The van der Waals surface area contributed by atoms with Crippen molar-refractivity contribution in [2.24, 2.45) is 11.8 Å². The molecule has 2 saturated heterocycles. The van der Waals surface area contributed by atoms with Crippen LogP contribution in [-0.2, 0) is 19.1 Å². The highest BCUT2D eigenvalue weighted by Crippen LogP contribution is 2.41. The standard InChI is InChI=1S/C46H56N8O6/c1-9-35(51-45(57)59-7)43(55)53-27(5)25(3)19-39(53)41-47-23-37(49-41)30-13-11-29(12-14-30)31-15-16-33-22-34(18-17-32(33)21-31)38-24-48-42(50-38)40-20-26(4)28(6)54(40)44(56)36(10-2)52-46(58)60-8/h11-18,21-28,35-36,39-40H,9-10,19-20H2,1-8H3,(H,47,49)(H,48,50)(H,51,57)(H,52,58)/t25-,26-,27-,28-,35+,36+,39+,40+/m1/s1. The van der Waals surface area contributed by atoms with Gasteiger partial charge in [-0.05, 0) is 91.0 Å². The molecule has 0 spiro atoms. The van der Waals surface area contributed by atoms with Crippen LogP contribution in [0.1, 0.15) is 91.0 Å². The molecule has 5 aromatic rings. The maximum absolute atomic E-state index is 13.7. The van der Waals surface area contributed by atoms with Gasteiger partial charge in [0.2, 0.25) is 11.8 Å². The maximum Gasteiger partial charge on any atom is 0.407 e. The number of amides is 4. The van der Waals surface area contributed by atoms with Gasteiger partial charge in [0.15, 0.2) is 0 Å². The number of alkyl carbamates (subject to hydrolysis) is 2. The van der Waals surface area contributed by atoms with Crippen LogP contribution in [0.5, 0.6) is 0 Å². The third kappa shape index (κ3) is 8.19. The van der Waals surface area contributed by atoms with Crippen molar-refractivity contribution < 1.29 is 28.7 Å². The second kappa shape index (κ2) is 17.6. The molecule has 60 heavy (non-hydrogen) atoms. The average Bonchev–Trinajstić information content (AvgIpc) is 4.07. The first kappa shape index (κ1) is 42.0. The van der Waals surface area contributed by atoms with Crippen LogP contribution in [0.3, 0.4) is 0 Å². The van der Waals surface area contributed by atoms with Gasteiger partial charge in [-0.2, -0.15) is 0 Å². The van der Waals surface area contributed by atoms with Crippen LogP contribution in [-0.4, -0.2) is 92.1 Å². The summed E-state index contributed by atoms with van der Waals surface area (Å²) >= 11 is 0. The Labute approximate surface area is 350 Å². The van der Waals surface area contributed by atoms with Gasteiger partial charge in [-0.25, -0.2) is 19.6 Å². The number of methoxy groups -OCH3 is 2. The number of ether oxygens (including phenoxy) is 2. The summed E-state index contributed by atoms with van der Waals surface area (Å²) < 4.78 is 9.53. The zero-order valence-electron chi connectivity index (χ0n) is 35.6. The van der Waals surface area contributed by atoms with E-state index in [1.54, 1.807) is 0 Å². The fourth-order valence-corrected chi connectivity index (χ4v) is 8.82. The number of hydrogen-bond donors (Lipinski definition) is 4. The molecule has 0 radical (unpaired) electrons. The Kier molecular flexibility index (Phi) is 12.3. The lowest BCUT2D eigenvalue weighted by atomic mass is 9.98. The number of likely N-dealkylation sites (tertiary alicyclic amines) is 2. The molecule has 8 atom stereocenters. The molecule has 14 nitrogen and oxygen atoms in total. The van der Waals surface area contributed by atoms with Crippen molar-refractivity contribution in [1.82, 2.24) is 40.4 Å². The van der Waals surface area contributed by atoms with E-state index in [1.165, 1.54) is 14.2 Å². The van der Waals surface area contributed by atoms with Crippen LogP contribution in [0, 0.1) is 11.8 Å². The highest BCUT2D eigenvalue weighted by atomic mass is 16.5. The van der Waals surface area contributed by atoms with Crippen LogP contribution in [0.2, 0.25) is 0 Å². The Morgan fingerprint density at radius 3 is 1.48 bits per heavy atom. The summed E-state index contributed by atoms with van der Waals surface area (Å²) in [6.07, 6.45) is 4.81. The van der Waals surface area contributed by atoms with Crippen molar-refractivity contribution in [2.75, 3.05) is 14.2 Å². The van der Waals surface area contributed by atoms with E-state index in [-0.39, 0.29) is 47.8 Å². The van der Waals surface area contributed by atoms with Gasteiger partial charge < -0.3 is 39.9 Å². The van der Waals surface area contributed by atoms with E-state index >= 15 is 0 Å². The Bertz CT molecular complexity index is 2360. The molecule has 0 unspecified atom stereocenters. The number of aromatic amines is 2. The quantitative estimate of drug-likeness (QED) is 0.103. The van der Waals surface area contributed by atoms with Crippen molar-refractivity contribution >= 4 is 34.8 Å². The molecule has 4 amide bonds. The van der Waals surface area contributed by atoms with Crippen LogP contribution < -0.4 is 10.6 Å². The Morgan fingerprint density at radius 2 is 1.03 bits per heavy atom. The molecule has 0 saturated carbocycles. The minimum atomic E-state index is -0.685. The highest BCUT2D eigenvalue weighted by Gasteiger charge is 2.45. The Balaban J connectivity index is 1.05. The largest absolute Gasteiger partial charge is 0.453 e. The van der Waals surface area contributed by atoms with Crippen LogP contribution in [0.25, 0.3) is 44.4 Å². The third-order valence-electron chi connectivity index (χ3n) is 12.8. The number of hydrogen-bond acceptors (Lipinski definition) is 8. The molecular weight excluding hydrogens is 761 g/mol. The number of carbonyl (C=O) groups excluding carboxylic acids is 4. The first-order valence-corrected chi connectivity index (χ1v) is 20.9. The van der Waals surface area contributed by atoms with Crippen LogP contribution >= 0.6 is 0 Å². The van der Waals surface area contributed by atoms with E-state index in [9.17, 15) is 19.2 Å². The second-order valence-corrected chi connectivity index (χ2v) is 16.3. The predicted octanol–water partition coefficient (Wildman–Crippen LogP) is 8.15. The molecule has 3 aromatic carbocycles. The van der Waals surface area contributed by atoms with Crippen molar-refractivity contribution in [3.8, 4) is 33.6 Å². The number of carbonyl (C=O) groups is 4. The number of rotatable bonds is 11. The Morgan fingerprint density at radius 1 is 0.633 bits per heavy atom. The molecule has 2 aliphatic rings. The lowest BCUT2D eigenvalue weighted by Gasteiger charge is -2.31. The highest BCUT2D eigenvalue weighted by molar-refractivity contribution is 5.91. The fraction of sp³-hybridized carbons (Fsp3) is 0.435. The summed E-state index contributed by atoms with van der Waals surface area (Å²) in [5.41, 5.74) is 5.87. The summed E-state index contributed by atoms with van der Waals surface area (Å²) in [5.74, 6) is 1.68. The number of nitrogens with one attached hydrogen (secondary N) is 4. The van der Waals surface area contributed by atoms with Gasteiger partial charge in [0, 0.05) is 17.6 Å². The van der Waals surface area contributed by atoms with Crippen molar-refractivity contribution in [2.45, 2.75) is 103 Å². The first-order chi connectivity index (χ1) is 28.8. The van der Waals surface area contributed by atoms with Gasteiger partial charge in [-0.1, -0.05) is 76.2 Å². The molecular formula is C46H56N8O6. The zero-order chi connectivity index (χ0) is 42.8. The summed E-state index contributed by atoms with van der Waals surface area (Å²) in [4.78, 5) is 71.6. The number of H-pyrrole nitrogens is 2. The third-order valence-corrected chi connectivity index (χ3v) is 12.8. The number of nitrogens with zero attached hydrogens (tertiary/aromatic N) is 4. The smallest absolute Gasteiger partial charge is 0.407 e. The predicted molar refractivity (Wildman–Crippen MR) is 229 cm³/mol. The summed E-state index contributed by atoms with van der Waals surface area (Å²) in [5, 5.41) is 7.56. The van der Waals surface area contributed by atoms with Gasteiger partial charge >= 0.3 is 12.2 Å².